The Labute approximate surface area is 369 Å². The molecule has 352 valence electrons. The maximum Gasteiger partial charge on any atom is 0.397 e. The van der Waals surface area contributed by atoms with Crippen molar-refractivity contribution >= 4 is 16.4 Å². The first-order valence-electron chi connectivity index (χ1n) is 23.2. The van der Waals surface area contributed by atoms with E-state index >= 15 is 0 Å². The van der Waals surface area contributed by atoms with Gasteiger partial charge in [0, 0.05) is 13.0 Å². The number of hydrogen-bond acceptors (Lipinski definition) is 11. The van der Waals surface area contributed by atoms with Crippen LogP contribution in [0.4, 0.5) is 0 Å². The Morgan fingerprint density at radius 3 is 1.66 bits per heavy atom. The van der Waals surface area contributed by atoms with Crippen LogP contribution in [0.1, 0.15) is 162 Å². The van der Waals surface area contributed by atoms with E-state index in [1.807, 2.05) is 0 Å². The lowest BCUT2D eigenvalue weighted by molar-refractivity contribution is -0.301. The summed E-state index contributed by atoms with van der Waals surface area (Å²) in [7, 11) is -5.06. The molecule has 1 fully saturated rings. The molecule has 4 N–H and O–H groups in total. The predicted octanol–water partition coefficient (Wildman–Crippen LogP) is 9.91. The highest BCUT2D eigenvalue weighted by molar-refractivity contribution is 7.80. The van der Waals surface area contributed by atoms with Gasteiger partial charge >= 0.3 is 16.4 Å². The van der Waals surface area contributed by atoms with E-state index in [0.717, 1.165) is 96.3 Å². The molecule has 0 amide bonds. The molecular formula is C48H82O12S. The molecule has 0 radical (unpaired) electrons. The number of aliphatic hydroxyl groups is 3. The van der Waals surface area contributed by atoms with Crippen molar-refractivity contribution in [2.75, 3.05) is 26.4 Å². The Kier molecular flexibility index (Phi) is 36.3. The van der Waals surface area contributed by atoms with E-state index in [1.165, 1.54) is 38.5 Å². The monoisotopic (exact) mass is 883 g/mol. The first-order chi connectivity index (χ1) is 29.6. The van der Waals surface area contributed by atoms with Crippen molar-refractivity contribution < 1.29 is 56.2 Å². The highest BCUT2D eigenvalue weighted by Gasteiger charge is 2.48. The number of esters is 1. The zero-order chi connectivity index (χ0) is 44.7. The molecule has 0 saturated carbocycles. The third kappa shape index (κ3) is 32.8. The lowest BCUT2D eigenvalue weighted by atomic mass is 9.99. The summed E-state index contributed by atoms with van der Waals surface area (Å²) in [6.45, 7) is 3.82. The molecule has 0 bridgehead atoms. The highest BCUT2D eigenvalue weighted by atomic mass is 32.3. The molecule has 0 aliphatic carbocycles. The molecule has 13 heteroatoms. The second-order valence-corrected chi connectivity index (χ2v) is 16.7. The maximum absolute atomic E-state index is 12.8. The summed E-state index contributed by atoms with van der Waals surface area (Å²) >= 11 is 0. The average Bonchev–Trinajstić information content (AvgIpc) is 3.23. The van der Waals surface area contributed by atoms with Gasteiger partial charge in [-0.1, -0.05) is 164 Å². The Balaban J connectivity index is 2.36. The fourth-order valence-corrected chi connectivity index (χ4v) is 7.12. The summed E-state index contributed by atoms with van der Waals surface area (Å²) in [6.07, 6.45) is 40.9. The van der Waals surface area contributed by atoms with Crippen LogP contribution in [-0.2, 0) is 38.3 Å². The summed E-state index contributed by atoms with van der Waals surface area (Å²) in [5.74, 6) is -0.417. The van der Waals surface area contributed by atoms with Crippen molar-refractivity contribution in [3.05, 3.63) is 72.9 Å². The predicted molar refractivity (Wildman–Crippen MR) is 243 cm³/mol. The molecular weight excluding hydrogens is 801 g/mol. The molecule has 1 heterocycles. The van der Waals surface area contributed by atoms with Crippen LogP contribution in [0, 0.1) is 0 Å². The minimum Gasteiger partial charge on any atom is -0.457 e. The van der Waals surface area contributed by atoms with E-state index in [2.05, 4.69) is 90.9 Å². The van der Waals surface area contributed by atoms with Gasteiger partial charge in [0.2, 0.25) is 0 Å². The van der Waals surface area contributed by atoms with Crippen molar-refractivity contribution in [3.8, 4) is 0 Å². The van der Waals surface area contributed by atoms with Crippen LogP contribution in [0.25, 0.3) is 0 Å². The van der Waals surface area contributed by atoms with Gasteiger partial charge in [-0.25, -0.2) is 4.18 Å². The van der Waals surface area contributed by atoms with E-state index < -0.39 is 59.8 Å². The number of unbranched alkanes of at least 4 members (excludes halogenated alkanes) is 14. The minimum absolute atomic E-state index is 0.0271. The molecule has 6 unspecified atom stereocenters. The standard InChI is InChI=1S/C48H82O12S/c1-3-5-7-9-11-13-14-15-16-17-18-19-20-21-22-23-24-25-26-27-28-29-31-33-35-37-44(50)58-42(40-56-38-36-34-32-30-12-10-8-6-4-2)41-57-48-46(52)47(60-61(53,54)55)45(51)43(39-49)59-48/h5,7,11,13,15-16,18-19,21-22,24-25,42-43,45-49,51-52H,3-4,6,8-10,12,14,17,20,23,26-41H2,1-2H3,(H,53,54,55)/b7-5-,13-11-,16-15-,19-18-,22-21-,25-24-. The number of allylic oxidation sites excluding steroid dienone is 12. The van der Waals surface area contributed by atoms with E-state index in [4.69, 9.17) is 23.5 Å². The van der Waals surface area contributed by atoms with Gasteiger partial charge in [0.25, 0.3) is 0 Å². The van der Waals surface area contributed by atoms with Gasteiger partial charge in [0.1, 0.15) is 30.5 Å². The lowest BCUT2D eigenvalue weighted by Gasteiger charge is -2.41. The number of rotatable bonds is 39. The fraction of sp³-hybridized carbons (Fsp3) is 0.729. The van der Waals surface area contributed by atoms with E-state index in [0.29, 0.717) is 13.0 Å². The smallest absolute Gasteiger partial charge is 0.397 e. The zero-order valence-corrected chi connectivity index (χ0v) is 38.3. The normalized spacial score (nSPS) is 20.8. The average molecular weight is 883 g/mol. The van der Waals surface area contributed by atoms with Gasteiger partial charge in [-0.3, -0.25) is 9.35 Å². The van der Waals surface area contributed by atoms with Gasteiger partial charge in [-0.05, 0) is 64.2 Å². The van der Waals surface area contributed by atoms with Gasteiger partial charge in [-0.15, -0.1) is 0 Å². The Bertz CT molecular complexity index is 1340. The summed E-state index contributed by atoms with van der Waals surface area (Å²) < 4.78 is 58.9. The van der Waals surface area contributed by atoms with Crippen LogP contribution in [-0.4, -0.2) is 97.5 Å². The van der Waals surface area contributed by atoms with Crippen molar-refractivity contribution in [3.63, 3.8) is 0 Å². The summed E-state index contributed by atoms with van der Waals surface area (Å²) in [4.78, 5) is 12.8. The molecule has 1 aliphatic rings. The van der Waals surface area contributed by atoms with Crippen LogP contribution in [0.3, 0.4) is 0 Å². The van der Waals surface area contributed by atoms with Crippen LogP contribution >= 0.6 is 0 Å². The van der Waals surface area contributed by atoms with E-state index in [1.54, 1.807) is 0 Å². The quantitative estimate of drug-likeness (QED) is 0.0199. The topological polar surface area (TPSA) is 178 Å². The first kappa shape index (κ1) is 56.6. The zero-order valence-electron chi connectivity index (χ0n) is 37.4. The Morgan fingerprint density at radius 2 is 1.13 bits per heavy atom. The minimum atomic E-state index is -5.06. The molecule has 61 heavy (non-hydrogen) atoms. The third-order valence-electron chi connectivity index (χ3n) is 10.1. The number of hydrogen-bond donors (Lipinski definition) is 4. The summed E-state index contributed by atoms with van der Waals surface area (Å²) in [6, 6.07) is 0. The SMILES string of the molecule is CC/C=C\C/C=C\C/C=C\C/C=C\C/C=C\C/C=C\CCCCCCCCC(=O)OC(COCCCCCCCCCCC)COC1OC(CO)C(O)C(OS(=O)(=O)O)C1O. The van der Waals surface area contributed by atoms with Crippen LogP contribution in [0.5, 0.6) is 0 Å². The Morgan fingerprint density at radius 1 is 0.639 bits per heavy atom. The number of carbonyl (C=O) groups is 1. The third-order valence-corrected chi connectivity index (χ3v) is 10.6. The summed E-state index contributed by atoms with van der Waals surface area (Å²) in [5, 5.41) is 30.6. The lowest BCUT2D eigenvalue weighted by Crippen LogP contribution is -2.60. The maximum atomic E-state index is 12.8. The molecule has 1 saturated heterocycles. The van der Waals surface area contributed by atoms with Gasteiger partial charge in [0.15, 0.2) is 6.29 Å². The van der Waals surface area contributed by atoms with Crippen molar-refractivity contribution in [1.82, 2.24) is 0 Å². The van der Waals surface area contributed by atoms with Crippen molar-refractivity contribution in [1.29, 1.82) is 0 Å². The van der Waals surface area contributed by atoms with Crippen LogP contribution in [0.2, 0.25) is 0 Å². The number of ether oxygens (including phenoxy) is 4. The van der Waals surface area contributed by atoms with Gasteiger partial charge in [-0.2, -0.15) is 8.42 Å². The molecule has 0 aromatic heterocycles. The molecule has 0 aromatic carbocycles. The molecule has 1 rings (SSSR count). The van der Waals surface area contributed by atoms with Crippen LogP contribution in [0.15, 0.2) is 72.9 Å². The van der Waals surface area contributed by atoms with Crippen molar-refractivity contribution in [2.24, 2.45) is 0 Å². The Hall–Kier alpha value is -2.46. The molecule has 1 aliphatic heterocycles. The first-order valence-corrected chi connectivity index (χ1v) is 24.6. The largest absolute Gasteiger partial charge is 0.457 e. The van der Waals surface area contributed by atoms with Crippen LogP contribution < -0.4 is 0 Å². The van der Waals surface area contributed by atoms with E-state index in [-0.39, 0.29) is 19.6 Å². The van der Waals surface area contributed by atoms with E-state index in [9.17, 15) is 28.5 Å². The fourth-order valence-electron chi connectivity index (χ4n) is 6.62. The van der Waals surface area contributed by atoms with Gasteiger partial charge in [0.05, 0.1) is 19.8 Å². The molecule has 6 atom stereocenters. The van der Waals surface area contributed by atoms with Gasteiger partial charge < -0.3 is 34.3 Å². The summed E-state index contributed by atoms with van der Waals surface area (Å²) in [5.41, 5.74) is 0. The number of aliphatic hydroxyl groups excluding tert-OH is 3. The molecule has 0 spiro atoms. The molecule has 12 nitrogen and oxygen atoms in total. The second-order valence-electron chi connectivity index (χ2n) is 15.6. The van der Waals surface area contributed by atoms with Crippen molar-refractivity contribution in [2.45, 2.75) is 198 Å². The second kappa shape index (κ2) is 39.2. The molecule has 0 aromatic rings. The number of carbonyl (C=O) groups excluding carboxylic acids is 1. The highest BCUT2D eigenvalue weighted by Crippen LogP contribution is 2.26.